The van der Waals surface area contributed by atoms with Gasteiger partial charge in [-0.25, -0.2) is 4.68 Å². The molecule has 1 atom stereocenters. The Labute approximate surface area is 129 Å². The summed E-state index contributed by atoms with van der Waals surface area (Å²) >= 11 is 0. The molecule has 4 nitrogen and oxygen atoms in total. The Balaban J connectivity index is 1.71. The summed E-state index contributed by atoms with van der Waals surface area (Å²) in [5.41, 5.74) is 3.91. The van der Waals surface area contributed by atoms with E-state index in [9.17, 15) is 0 Å². The number of rotatable bonds is 4. The van der Waals surface area contributed by atoms with Crippen molar-refractivity contribution in [1.82, 2.24) is 9.78 Å². The SMILES string of the molecule is CC(Nc1ccc(C#N)cc1)c1ccc(-n2cccn2)cc1. The number of benzene rings is 2. The summed E-state index contributed by atoms with van der Waals surface area (Å²) < 4.78 is 1.84. The number of aromatic nitrogens is 2. The van der Waals surface area contributed by atoms with Gasteiger partial charge in [-0.15, -0.1) is 0 Å². The lowest BCUT2D eigenvalue weighted by molar-refractivity contribution is 0.863. The summed E-state index contributed by atoms with van der Waals surface area (Å²) in [6.45, 7) is 2.11. The minimum Gasteiger partial charge on any atom is -0.379 e. The van der Waals surface area contributed by atoms with E-state index in [1.54, 1.807) is 6.20 Å². The highest BCUT2D eigenvalue weighted by Gasteiger charge is 2.06. The van der Waals surface area contributed by atoms with Crippen LogP contribution in [0.25, 0.3) is 5.69 Å². The van der Waals surface area contributed by atoms with Crippen molar-refractivity contribution in [1.29, 1.82) is 5.26 Å². The summed E-state index contributed by atoms with van der Waals surface area (Å²) in [6, 6.07) is 20.0. The molecule has 0 saturated carbocycles. The van der Waals surface area contributed by atoms with Crippen LogP contribution in [0.15, 0.2) is 67.0 Å². The molecule has 0 spiro atoms. The molecule has 1 heterocycles. The van der Waals surface area contributed by atoms with Gasteiger partial charge >= 0.3 is 0 Å². The van der Waals surface area contributed by atoms with Gasteiger partial charge in [0.1, 0.15) is 0 Å². The maximum absolute atomic E-state index is 8.82. The fraction of sp³-hybridized carbons (Fsp3) is 0.111. The van der Waals surface area contributed by atoms with E-state index in [-0.39, 0.29) is 6.04 Å². The van der Waals surface area contributed by atoms with Gasteiger partial charge in [0.2, 0.25) is 0 Å². The summed E-state index contributed by atoms with van der Waals surface area (Å²) in [7, 11) is 0. The molecule has 0 aliphatic rings. The van der Waals surface area contributed by atoms with E-state index >= 15 is 0 Å². The molecule has 0 aliphatic carbocycles. The van der Waals surface area contributed by atoms with Crippen LogP contribution in [0.4, 0.5) is 5.69 Å². The molecule has 2 aromatic carbocycles. The molecule has 4 heteroatoms. The van der Waals surface area contributed by atoms with Gasteiger partial charge in [0, 0.05) is 24.1 Å². The fourth-order valence-corrected chi connectivity index (χ4v) is 2.31. The minimum atomic E-state index is 0.180. The average molecular weight is 288 g/mol. The first kappa shape index (κ1) is 13.9. The highest BCUT2D eigenvalue weighted by Crippen LogP contribution is 2.20. The van der Waals surface area contributed by atoms with Gasteiger partial charge in [-0.3, -0.25) is 0 Å². The van der Waals surface area contributed by atoms with E-state index in [1.165, 1.54) is 5.56 Å². The van der Waals surface area contributed by atoms with E-state index < -0.39 is 0 Å². The van der Waals surface area contributed by atoms with Crippen molar-refractivity contribution in [3.8, 4) is 11.8 Å². The highest BCUT2D eigenvalue weighted by molar-refractivity contribution is 5.49. The molecule has 3 rings (SSSR count). The highest BCUT2D eigenvalue weighted by atomic mass is 15.3. The fourth-order valence-electron chi connectivity index (χ4n) is 2.31. The van der Waals surface area contributed by atoms with Gasteiger partial charge in [0.05, 0.1) is 17.3 Å². The first-order valence-electron chi connectivity index (χ1n) is 7.13. The zero-order chi connectivity index (χ0) is 15.4. The van der Waals surface area contributed by atoms with Crippen LogP contribution in [-0.4, -0.2) is 9.78 Å². The van der Waals surface area contributed by atoms with Gasteiger partial charge in [0.15, 0.2) is 0 Å². The van der Waals surface area contributed by atoms with Crippen molar-refractivity contribution < 1.29 is 0 Å². The van der Waals surface area contributed by atoms with Crippen LogP contribution in [0.5, 0.6) is 0 Å². The van der Waals surface area contributed by atoms with Crippen molar-refractivity contribution in [2.45, 2.75) is 13.0 Å². The largest absolute Gasteiger partial charge is 0.379 e. The molecule has 1 N–H and O–H groups in total. The Bertz CT molecular complexity index is 765. The second-order valence-corrected chi connectivity index (χ2v) is 5.10. The third-order valence-electron chi connectivity index (χ3n) is 3.56. The van der Waals surface area contributed by atoms with E-state index in [4.69, 9.17) is 5.26 Å². The van der Waals surface area contributed by atoms with Crippen LogP contribution < -0.4 is 5.32 Å². The predicted octanol–water partition coefficient (Wildman–Crippen LogP) is 3.92. The van der Waals surface area contributed by atoms with Crippen molar-refractivity contribution in [3.05, 3.63) is 78.1 Å². The standard InChI is InChI=1S/C18H16N4/c1-14(21-17-7-3-15(13-19)4-8-17)16-5-9-18(10-6-16)22-12-2-11-20-22/h2-12,14,21H,1H3. The Kier molecular flexibility index (Phi) is 3.88. The van der Waals surface area contributed by atoms with E-state index in [1.807, 2.05) is 41.2 Å². The van der Waals surface area contributed by atoms with Crippen LogP contribution in [0.2, 0.25) is 0 Å². The number of hydrogen-bond acceptors (Lipinski definition) is 3. The Hall–Kier alpha value is -3.06. The number of nitriles is 1. The molecule has 22 heavy (non-hydrogen) atoms. The van der Waals surface area contributed by atoms with Gasteiger partial charge in [0.25, 0.3) is 0 Å². The Morgan fingerprint density at radius 1 is 1.09 bits per heavy atom. The maximum Gasteiger partial charge on any atom is 0.0991 e. The van der Waals surface area contributed by atoms with Crippen molar-refractivity contribution in [2.75, 3.05) is 5.32 Å². The van der Waals surface area contributed by atoms with Crippen molar-refractivity contribution in [2.24, 2.45) is 0 Å². The van der Waals surface area contributed by atoms with Gasteiger partial charge in [-0.2, -0.15) is 10.4 Å². The molecular weight excluding hydrogens is 272 g/mol. The molecule has 0 saturated heterocycles. The van der Waals surface area contributed by atoms with Crippen molar-refractivity contribution in [3.63, 3.8) is 0 Å². The molecule has 0 amide bonds. The van der Waals surface area contributed by atoms with Crippen LogP contribution in [0.3, 0.4) is 0 Å². The number of anilines is 1. The number of hydrogen-bond donors (Lipinski definition) is 1. The first-order chi connectivity index (χ1) is 10.8. The third kappa shape index (κ3) is 2.99. The minimum absolute atomic E-state index is 0.180. The maximum atomic E-state index is 8.82. The summed E-state index contributed by atoms with van der Waals surface area (Å²) in [6.07, 6.45) is 3.69. The van der Waals surface area contributed by atoms with E-state index in [0.29, 0.717) is 5.56 Å². The van der Waals surface area contributed by atoms with Crippen LogP contribution in [0, 0.1) is 11.3 Å². The molecule has 3 aromatic rings. The Morgan fingerprint density at radius 2 is 1.82 bits per heavy atom. The molecule has 0 radical (unpaired) electrons. The van der Waals surface area contributed by atoms with Crippen LogP contribution >= 0.6 is 0 Å². The molecule has 0 bridgehead atoms. The number of nitrogens with one attached hydrogen (secondary N) is 1. The van der Waals surface area contributed by atoms with Gasteiger partial charge < -0.3 is 5.32 Å². The predicted molar refractivity (Wildman–Crippen MR) is 86.8 cm³/mol. The summed E-state index contributed by atoms with van der Waals surface area (Å²) in [4.78, 5) is 0. The molecule has 0 fully saturated rings. The lowest BCUT2D eigenvalue weighted by Crippen LogP contribution is -2.06. The summed E-state index contributed by atoms with van der Waals surface area (Å²) in [5.74, 6) is 0. The second kappa shape index (κ2) is 6.15. The van der Waals surface area contributed by atoms with E-state index in [2.05, 4.69) is 47.7 Å². The normalized spacial score (nSPS) is 11.6. The first-order valence-corrected chi connectivity index (χ1v) is 7.13. The lowest BCUT2D eigenvalue weighted by atomic mass is 10.1. The molecule has 1 aromatic heterocycles. The molecule has 108 valence electrons. The zero-order valence-electron chi connectivity index (χ0n) is 12.3. The third-order valence-corrected chi connectivity index (χ3v) is 3.56. The van der Waals surface area contributed by atoms with Gasteiger partial charge in [-0.1, -0.05) is 12.1 Å². The smallest absolute Gasteiger partial charge is 0.0991 e. The lowest BCUT2D eigenvalue weighted by Gasteiger charge is -2.16. The zero-order valence-corrected chi connectivity index (χ0v) is 12.3. The summed E-state index contributed by atoms with van der Waals surface area (Å²) in [5, 5.41) is 16.5. The topological polar surface area (TPSA) is 53.6 Å². The van der Waals surface area contributed by atoms with Crippen LogP contribution in [0.1, 0.15) is 24.1 Å². The molecule has 1 unspecified atom stereocenters. The van der Waals surface area contributed by atoms with Crippen LogP contribution in [-0.2, 0) is 0 Å². The quantitative estimate of drug-likeness (QED) is 0.791. The molecular formula is C18H16N4. The number of nitrogens with zero attached hydrogens (tertiary/aromatic N) is 3. The van der Waals surface area contributed by atoms with Crippen molar-refractivity contribution >= 4 is 5.69 Å². The molecule has 0 aliphatic heterocycles. The van der Waals surface area contributed by atoms with Gasteiger partial charge in [-0.05, 0) is 55.0 Å². The Morgan fingerprint density at radius 3 is 2.41 bits per heavy atom. The average Bonchev–Trinajstić information content (AvgIpc) is 3.10. The second-order valence-electron chi connectivity index (χ2n) is 5.10. The monoisotopic (exact) mass is 288 g/mol. The van der Waals surface area contributed by atoms with E-state index in [0.717, 1.165) is 11.4 Å².